The van der Waals surface area contributed by atoms with Gasteiger partial charge in [0.2, 0.25) is 0 Å². The first-order valence-electron chi connectivity index (χ1n) is 13.9. The summed E-state index contributed by atoms with van der Waals surface area (Å²) in [7, 11) is -1.65. The molecule has 1 heterocycles. The molecule has 0 aromatic rings. The van der Waals surface area contributed by atoms with Crippen molar-refractivity contribution in [3.8, 4) is 0 Å². The molecule has 0 aromatic heterocycles. The van der Waals surface area contributed by atoms with Gasteiger partial charge in [0, 0.05) is 12.0 Å². The quantitative estimate of drug-likeness (QED) is 0.275. The van der Waals surface area contributed by atoms with Crippen LogP contribution in [-0.4, -0.2) is 37.8 Å². The average Bonchev–Trinajstić information content (AvgIpc) is 3.05. The van der Waals surface area contributed by atoms with Crippen LogP contribution in [0.4, 0.5) is 0 Å². The van der Waals surface area contributed by atoms with Crippen LogP contribution in [0.25, 0.3) is 0 Å². The number of ether oxygens (including phenoxy) is 2. The van der Waals surface area contributed by atoms with Crippen molar-refractivity contribution in [1.29, 1.82) is 0 Å². The molecule has 4 fully saturated rings. The van der Waals surface area contributed by atoms with Crippen molar-refractivity contribution in [1.82, 2.24) is 0 Å². The molecule has 3 saturated carbocycles. The summed E-state index contributed by atoms with van der Waals surface area (Å²) in [5.41, 5.74) is -0.494. The minimum absolute atomic E-state index is 0.0422. The molecule has 5 aliphatic rings. The number of allylic oxidation sites excluding steroid dienone is 1. The third kappa shape index (κ3) is 3.77. The van der Waals surface area contributed by atoms with E-state index >= 15 is 0 Å². The summed E-state index contributed by atoms with van der Waals surface area (Å²) in [5, 5.41) is 13.2. The molecule has 4 heteroatoms. The lowest BCUT2D eigenvalue weighted by atomic mass is 9.44. The van der Waals surface area contributed by atoms with E-state index in [2.05, 4.69) is 52.2 Å². The van der Waals surface area contributed by atoms with Gasteiger partial charge in [0.1, 0.15) is 5.60 Å². The van der Waals surface area contributed by atoms with Gasteiger partial charge in [-0.2, -0.15) is 0 Å². The summed E-state index contributed by atoms with van der Waals surface area (Å²) in [6.07, 6.45) is 17.2. The molecule has 5 rings (SSSR count). The van der Waals surface area contributed by atoms with E-state index in [9.17, 15) is 5.11 Å². The second kappa shape index (κ2) is 8.32. The fourth-order valence-corrected chi connectivity index (χ4v) is 10.4. The van der Waals surface area contributed by atoms with Gasteiger partial charge in [0.05, 0.1) is 14.2 Å². The predicted molar refractivity (Wildman–Crippen MR) is 138 cm³/mol. The van der Waals surface area contributed by atoms with E-state index in [4.69, 9.17) is 9.47 Å². The van der Waals surface area contributed by atoms with Crippen LogP contribution in [0.5, 0.6) is 0 Å². The van der Waals surface area contributed by atoms with Crippen molar-refractivity contribution < 1.29 is 14.6 Å². The molecule has 0 aromatic carbocycles. The molecule has 1 aliphatic heterocycles. The average molecular weight is 473 g/mol. The summed E-state index contributed by atoms with van der Waals surface area (Å²) in [6, 6.07) is 0. The lowest BCUT2D eigenvalue weighted by Gasteiger charge is -2.62. The molecule has 3 nitrogen and oxygen atoms in total. The molecule has 1 N–H and O–H groups in total. The van der Waals surface area contributed by atoms with Gasteiger partial charge in [0.15, 0.2) is 6.29 Å². The molecular weight excluding hydrogens is 424 g/mol. The van der Waals surface area contributed by atoms with Crippen LogP contribution in [0.15, 0.2) is 23.9 Å². The zero-order chi connectivity index (χ0) is 23.6. The maximum atomic E-state index is 12.0. The van der Waals surface area contributed by atoms with Crippen molar-refractivity contribution in [2.75, 3.05) is 6.61 Å². The largest absolute Gasteiger partial charge is 0.381 e. The topological polar surface area (TPSA) is 38.7 Å². The van der Waals surface area contributed by atoms with E-state index in [1.54, 1.807) is 0 Å². The molecule has 1 unspecified atom stereocenters. The highest BCUT2D eigenvalue weighted by Crippen LogP contribution is 2.67. The minimum Gasteiger partial charge on any atom is -0.381 e. The van der Waals surface area contributed by atoms with E-state index in [-0.39, 0.29) is 11.7 Å². The Hall–Kier alpha value is -0.423. The third-order valence-corrected chi connectivity index (χ3v) is 13.3. The van der Waals surface area contributed by atoms with Gasteiger partial charge < -0.3 is 14.6 Å². The van der Waals surface area contributed by atoms with Gasteiger partial charge in [-0.15, -0.1) is 6.58 Å². The highest BCUT2D eigenvalue weighted by molar-refractivity contribution is 6.83. The van der Waals surface area contributed by atoms with Crippen molar-refractivity contribution in [3.05, 3.63) is 23.9 Å². The molecule has 186 valence electrons. The Bertz CT molecular complexity index is 795. The smallest absolute Gasteiger partial charge is 0.157 e. The number of hydrogen-bond donors (Lipinski definition) is 1. The first-order valence-corrected chi connectivity index (χ1v) is 17.4. The van der Waals surface area contributed by atoms with Crippen LogP contribution in [0.3, 0.4) is 0 Å². The zero-order valence-electron chi connectivity index (χ0n) is 21.9. The van der Waals surface area contributed by atoms with Crippen LogP contribution >= 0.6 is 0 Å². The minimum atomic E-state index is -1.65. The van der Waals surface area contributed by atoms with Crippen LogP contribution < -0.4 is 0 Å². The Kier molecular flexibility index (Phi) is 6.12. The van der Waals surface area contributed by atoms with Crippen LogP contribution in [-0.2, 0) is 9.47 Å². The zero-order valence-corrected chi connectivity index (χ0v) is 22.9. The molecule has 0 radical (unpaired) electrons. The normalized spacial score (nSPS) is 49.8. The van der Waals surface area contributed by atoms with Crippen molar-refractivity contribution in [3.63, 3.8) is 0 Å². The Morgan fingerprint density at radius 1 is 1.06 bits per heavy atom. The van der Waals surface area contributed by atoms with E-state index in [0.717, 1.165) is 36.5 Å². The van der Waals surface area contributed by atoms with Crippen LogP contribution in [0, 0.1) is 34.5 Å². The van der Waals surface area contributed by atoms with E-state index in [0.29, 0.717) is 23.4 Å². The van der Waals surface area contributed by atoms with Gasteiger partial charge in [-0.05, 0) is 93.3 Å². The van der Waals surface area contributed by atoms with Gasteiger partial charge >= 0.3 is 0 Å². The van der Waals surface area contributed by atoms with Gasteiger partial charge in [-0.3, -0.25) is 0 Å². The van der Waals surface area contributed by atoms with Crippen LogP contribution in [0.1, 0.15) is 78.1 Å². The number of fused-ring (bicyclic) bond motifs is 5. The maximum Gasteiger partial charge on any atom is 0.157 e. The SMILES string of the molecule is C=C([C@]1(O)C=C[C@H]2[C@@H]3CC[C@@H]4C[C@@H](OC5CCCCO5)CC[C@]4(C)[C@H]3CC[C@@]21C)[Si](C)(C)C. The van der Waals surface area contributed by atoms with E-state index < -0.39 is 13.7 Å². The summed E-state index contributed by atoms with van der Waals surface area (Å²) in [5.74, 6) is 2.72. The lowest BCUT2D eigenvalue weighted by Crippen LogP contribution is -2.59. The molecule has 0 spiro atoms. The second-order valence-corrected chi connectivity index (χ2v) is 18.8. The Morgan fingerprint density at radius 3 is 2.55 bits per heavy atom. The standard InChI is InChI=1S/C29H48O3Si/c1-20(33(4,5)6)29(30)17-14-25-23-11-10-21-19-22(32-26-9-7-8-18-31-26)12-15-27(21,2)24(23)13-16-28(25,29)3/h14,17,21-26,30H,1,7-13,15-16,18-19H2,2-6H3/t21-,22+,23-,24+,25+,26?,27+,28+,29-/m1/s1. The molecule has 33 heavy (non-hydrogen) atoms. The second-order valence-electron chi connectivity index (χ2n) is 13.7. The van der Waals surface area contributed by atoms with E-state index in [1.807, 2.05) is 0 Å². The molecule has 1 saturated heterocycles. The highest BCUT2D eigenvalue weighted by atomic mass is 28.3. The molecular formula is C29H48O3Si. The number of aliphatic hydroxyl groups is 1. The monoisotopic (exact) mass is 472 g/mol. The Labute approximate surface area is 203 Å². The Balaban J connectivity index is 1.31. The van der Waals surface area contributed by atoms with E-state index in [1.165, 1.54) is 51.4 Å². The molecule has 9 atom stereocenters. The van der Waals surface area contributed by atoms with Crippen LogP contribution in [0.2, 0.25) is 19.6 Å². The van der Waals surface area contributed by atoms with Gasteiger partial charge in [-0.1, -0.05) is 50.8 Å². The Morgan fingerprint density at radius 2 is 1.85 bits per heavy atom. The first kappa shape index (κ1) is 24.3. The van der Waals surface area contributed by atoms with Crippen molar-refractivity contribution in [2.24, 2.45) is 34.5 Å². The first-order chi connectivity index (χ1) is 15.5. The molecule has 4 aliphatic carbocycles. The lowest BCUT2D eigenvalue weighted by molar-refractivity contribution is -0.212. The highest BCUT2D eigenvalue weighted by Gasteiger charge is 2.64. The summed E-state index contributed by atoms with van der Waals surface area (Å²) in [4.78, 5) is 0. The third-order valence-electron chi connectivity index (χ3n) is 11.1. The predicted octanol–water partition coefficient (Wildman–Crippen LogP) is 6.88. The van der Waals surface area contributed by atoms with Gasteiger partial charge in [-0.25, -0.2) is 0 Å². The fourth-order valence-electron chi connectivity index (χ4n) is 8.88. The van der Waals surface area contributed by atoms with Crippen molar-refractivity contribution in [2.45, 2.75) is 116 Å². The number of rotatable bonds is 4. The molecule has 0 amide bonds. The molecule has 0 bridgehead atoms. The number of hydrogen-bond acceptors (Lipinski definition) is 3. The van der Waals surface area contributed by atoms with Crippen molar-refractivity contribution >= 4 is 8.07 Å². The fraction of sp³-hybridized carbons (Fsp3) is 0.862. The maximum absolute atomic E-state index is 12.0. The summed E-state index contributed by atoms with van der Waals surface area (Å²) >= 11 is 0. The summed E-state index contributed by atoms with van der Waals surface area (Å²) < 4.78 is 12.4. The van der Waals surface area contributed by atoms with Gasteiger partial charge in [0.25, 0.3) is 0 Å². The summed E-state index contributed by atoms with van der Waals surface area (Å²) in [6.45, 7) is 17.3.